The zero-order valence-corrected chi connectivity index (χ0v) is 11.1. The number of carbonyl (C=O) groups excluding carboxylic acids is 1. The Balaban J connectivity index is 1.76. The summed E-state index contributed by atoms with van der Waals surface area (Å²) >= 11 is 5.74. The number of halogens is 1. The van der Waals surface area contributed by atoms with E-state index in [0.29, 0.717) is 23.1 Å². The number of aromatic nitrogens is 1. The molecule has 19 heavy (non-hydrogen) atoms. The van der Waals surface area contributed by atoms with E-state index in [-0.39, 0.29) is 12.5 Å². The van der Waals surface area contributed by atoms with Crippen LogP contribution in [-0.2, 0) is 11.3 Å². The number of nitrogens with one attached hydrogen (secondary N) is 1. The lowest BCUT2D eigenvalue weighted by atomic mass is 10.3. The van der Waals surface area contributed by atoms with E-state index in [0.717, 1.165) is 5.69 Å². The smallest absolute Gasteiger partial charge is 0.258 e. The van der Waals surface area contributed by atoms with E-state index in [4.69, 9.17) is 20.8 Å². The summed E-state index contributed by atoms with van der Waals surface area (Å²) in [5.41, 5.74) is 0.763. The zero-order chi connectivity index (χ0) is 13.7. The van der Waals surface area contributed by atoms with Crippen LogP contribution in [0.1, 0.15) is 11.5 Å². The van der Waals surface area contributed by atoms with Crippen LogP contribution in [0.15, 0.2) is 35.1 Å². The fourth-order valence-electron chi connectivity index (χ4n) is 1.41. The Labute approximate surface area is 115 Å². The van der Waals surface area contributed by atoms with Gasteiger partial charge in [0, 0.05) is 5.02 Å². The Morgan fingerprint density at radius 1 is 1.42 bits per heavy atom. The molecule has 6 heteroatoms. The lowest BCUT2D eigenvalue weighted by Crippen LogP contribution is -2.28. The number of hydrogen-bond donors (Lipinski definition) is 1. The van der Waals surface area contributed by atoms with Gasteiger partial charge in [0.2, 0.25) is 0 Å². The van der Waals surface area contributed by atoms with Gasteiger partial charge >= 0.3 is 0 Å². The van der Waals surface area contributed by atoms with Crippen molar-refractivity contribution < 1.29 is 13.9 Å². The molecule has 0 aliphatic rings. The molecule has 0 radical (unpaired) electrons. The fraction of sp³-hybridized carbons (Fsp3) is 0.231. The Bertz CT molecular complexity index is 551. The topological polar surface area (TPSA) is 64.4 Å². The second kappa shape index (κ2) is 6.24. The summed E-state index contributed by atoms with van der Waals surface area (Å²) in [4.78, 5) is 15.5. The van der Waals surface area contributed by atoms with Gasteiger partial charge in [-0.25, -0.2) is 4.98 Å². The molecular formula is C13H13ClN2O3. The molecule has 1 amide bonds. The van der Waals surface area contributed by atoms with Crippen LogP contribution in [0.4, 0.5) is 0 Å². The number of aryl methyl sites for hydroxylation is 1. The highest BCUT2D eigenvalue weighted by atomic mass is 35.5. The van der Waals surface area contributed by atoms with Crippen molar-refractivity contribution in [3.8, 4) is 5.75 Å². The van der Waals surface area contributed by atoms with Crippen molar-refractivity contribution in [1.82, 2.24) is 10.3 Å². The van der Waals surface area contributed by atoms with Gasteiger partial charge < -0.3 is 14.5 Å². The second-order valence-corrected chi connectivity index (χ2v) is 4.32. The number of rotatable bonds is 5. The molecule has 0 fully saturated rings. The summed E-state index contributed by atoms with van der Waals surface area (Å²) in [7, 11) is 0. The van der Waals surface area contributed by atoms with Gasteiger partial charge in [0.15, 0.2) is 13.0 Å². The molecule has 0 unspecified atom stereocenters. The van der Waals surface area contributed by atoms with Crippen LogP contribution >= 0.6 is 11.6 Å². The zero-order valence-electron chi connectivity index (χ0n) is 10.4. The highest BCUT2D eigenvalue weighted by Crippen LogP contribution is 2.15. The molecule has 1 aromatic carbocycles. The average Bonchev–Trinajstić information content (AvgIpc) is 2.81. The molecule has 0 aliphatic carbocycles. The lowest BCUT2D eigenvalue weighted by molar-refractivity contribution is -0.123. The molecule has 2 rings (SSSR count). The van der Waals surface area contributed by atoms with Gasteiger partial charge in [0.25, 0.3) is 5.91 Å². The predicted molar refractivity (Wildman–Crippen MR) is 70.0 cm³/mol. The summed E-state index contributed by atoms with van der Waals surface area (Å²) in [6.07, 6.45) is 1.35. The molecular weight excluding hydrogens is 268 g/mol. The number of hydrogen-bond acceptors (Lipinski definition) is 4. The summed E-state index contributed by atoms with van der Waals surface area (Å²) in [5, 5.41) is 3.31. The third-order valence-corrected chi connectivity index (χ3v) is 2.73. The van der Waals surface area contributed by atoms with Gasteiger partial charge in [0.1, 0.15) is 11.5 Å². The number of amides is 1. The van der Waals surface area contributed by atoms with Crippen molar-refractivity contribution >= 4 is 17.5 Å². The first kappa shape index (κ1) is 13.4. The molecule has 0 spiro atoms. The molecule has 0 saturated heterocycles. The van der Waals surface area contributed by atoms with E-state index in [1.165, 1.54) is 6.39 Å². The quantitative estimate of drug-likeness (QED) is 0.913. The van der Waals surface area contributed by atoms with Crippen LogP contribution in [0.25, 0.3) is 0 Å². The molecule has 0 atom stereocenters. The number of oxazole rings is 1. The van der Waals surface area contributed by atoms with E-state index < -0.39 is 0 Å². The van der Waals surface area contributed by atoms with Gasteiger partial charge in [-0.3, -0.25) is 4.79 Å². The van der Waals surface area contributed by atoms with E-state index in [2.05, 4.69) is 10.3 Å². The maximum absolute atomic E-state index is 11.6. The summed E-state index contributed by atoms with van der Waals surface area (Å²) in [5.74, 6) is 1.00. The van der Waals surface area contributed by atoms with Crippen LogP contribution in [0.2, 0.25) is 5.02 Å². The Morgan fingerprint density at radius 2 is 2.16 bits per heavy atom. The minimum absolute atomic E-state index is 0.0607. The molecule has 1 heterocycles. The van der Waals surface area contributed by atoms with Crippen molar-refractivity contribution in [1.29, 1.82) is 0 Å². The van der Waals surface area contributed by atoms with E-state index >= 15 is 0 Å². The Morgan fingerprint density at radius 3 is 2.79 bits per heavy atom. The monoisotopic (exact) mass is 280 g/mol. The molecule has 0 aliphatic heterocycles. The minimum atomic E-state index is -0.231. The maximum Gasteiger partial charge on any atom is 0.258 e. The fourth-order valence-corrected chi connectivity index (χ4v) is 1.53. The van der Waals surface area contributed by atoms with Gasteiger partial charge in [-0.2, -0.15) is 0 Å². The van der Waals surface area contributed by atoms with E-state index in [9.17, 15) is 4.79 Å². The van der Waals surface area contributed by atoms with Gasteiger partial charge in [-0.1, -0.05) is 11.6 Å². The first-order chi connectivity index (χ1) is 9.15. The normalized spacial score (nSPS) is 10.2. The lowest BCUT2D eigenvalue weighted by Gasteiger charge is -2.06. The number of carbonyl (C=O) groups is 1. The van der Waals surface area contributed by atoms with Crippen molar-refractivity contribution in [2.24, 2.45) is 0 Å². The molecule has 100 valence electrons. The number of benzene rings is 1. The molecule has 0 saturated carbocycles. The van der Waals surface area contributed by atoms with Crippen LogP contribution < -0.4 is 10.1 Å². The predicted octanol–water partition coefficient (Wildman–Crippen LogP) is 2.33. The number of ether oxygens (including phenoxy) is 1. The van der Waals surface area contributed by atoms with Crippen LogP contribution in [0.3, 0.4) is 0 Å². The number of nitrogens with zero attached hydrogens (tertiary/aromatic N) is 1. The van der Waals surface area contributed by atoms with E-state index in [1.807, 2.05) is 6.92 Å². The largest absolute Gasteiger partial charge is 0.484 e. The highest BCUT2D eigenvalue weighted by molar-refractivity contribution is 6.30. The Hall–Kier alpha value is -2.01. The second-order valence-electron chi connectivity index (χ2n) is 3.88. The van der Waals surface area contributed by atoms with Crippen molar-refractivity contribution in [3.63, 3.8) is 0 Å². The van der Waals surface area contributed by atoms with Crippen LogP contribution in [0, 0.1) is 6.92 Å². The summed E-state index contributed by atoms with van der Waals surface area (Å²) in [6.45, 7) is 2.05. The summed E-state index contributed by atoms with van der Waals surface area (Å²) < 4.78 is 10.4. The molecule has 1 N–H and O–H groups in total. The third-order valence-electron chi connectivity index (χ3n) is 2.47. The molecule has 1 aromatic heterocycles. The third kappa shape index (κ3) is 3.99. The van der Waals surface area contributed by atoms with E-state index in [1.54, 1.807) is 24.3 Å². The van der Waals surface area contributed by atoms with Gasteiger partial charge in [-0.05, 0) is 31.2 Å². The molecule has 2 aromatic rings. The maximum atomic E-state index is 11.6. The van der Waals surface area contributed by atoms with Crippen molar-refractivity contribution in [2.45, 2.75) is 13.5 Å². The van der Waals surface area contributed by atoms with Crippen LogP contribution in [0.5, 0.6) is 5.75 Å². The SMILES string of the molecule is Cc1ncoc1CNC(=O)COc1ccc(Cl)cc1. The molecule has 0 bridgehead atoms. The van der Waals surface area contributed by atoms with Gasteiger partial charge in [0.05, 0.1) is 12.2 Å². The first-order valence-electron chi connectivity index (χ1n) is 5.69. The highest BCUT2D eigenvalue weighted by Gasteiger charge is 2.07. The summed E-state index contributed by atoms with van der Waals surface area (Å²) in [6, 6.07) is 6.81. The molecule has 5 nitrogen and oxygen atoms in total. The van der Waals surface area contributed by atoms with Crippen molar-refractivity contribution in [2.75, 3.05) is 6.61 Å². The Kier molecular flexibility index (Phi) is 4.41. The van der Waals surface area contributed by atoms with Crippen LogP contribution in [-0.4, -0.2) is 17.5 Å². The first-order valence-corrected chi connectivity index (χ1v) is 6.07. The van der Waals surface area contributed by atoms with Crippen molar-refractivity contribution in [3.05, 3.63) is 47.1 Å². The van der Waals surface area contributed by atoms with Gasteiger partial charge in [-0.15, -0.1) is 0 Å². The minimum Gasteiger partial charge on any atom is -0.484 e. The standard InChI is InChI=1S/C13H13ClN2O3/c1-9-12(19-8-16-9)6-15-13(17)7-18-11-4-2-10(14)3-5-11/h2-5,8H,6-7H2,1H3,(H,15,17). The average molecular weight is 281 g/mol.